The number of benzene rings is 2. The molecule has 5 nitrogen and oxygen atoms in total. The number of nitrogen functional groups attached to an aromatic ring is 1. The summed E-state index contributed by atoms with van der Waals surface area (Å²) in [7, 11) is 1.52. The van der Waals surface area contributed by atoms with Gasteiger partial charge in [0.05, 0.1) is 18.4 Å². The molecule has 0 spiro atoms. The fourth-order valence-electron chi connectivity index (χ4n) is 1.70. The van der Waals surface area contributed by atoms with Gasteiger partial charge in [-0.05, 0) is 59.0 Å². The lowest BCUT2D eigenvalue weighted by Crippen LogP contribution is -2.12. The standard InChI is InChI=1S/C14H13IN2O3/c1-20-13-5-3-9(7-11(13)16)17-14(19)10-6-8(15)2-4-12(10)18/h2-7,18H,16H2,1H3,(H,17,19). The first kappa shape index (κ1) is 14.4. The van der Waals surface area contributed by atoms with Crippen molar-refractivity contribution < 1.29 is 14.6 Å². The summed E-state index contributed by atoms with van der Waals surface area (Å²) in [6.45, 7) is 0. The van der Waals surface area contributed by atoms with Crippen molar-refractivity contribution in [3.8, 4) is 11.5 Å². The summed E-state index contributed by atoms with van der Waals surface area (Å²) in [5.74, 6) is 0.0788. The number of nitrogens with one attached hydrogen (secondary N) is 1. The van der Waals surface area contributed by atoms with E-state index in [-0.39, 0.29) is 11.3 Å². The van der Waals surface area contributed by atoms with E-state index in [1.54, 1.807) is 30.3 Å². The van der Waals surface area contributed by atoms with Crippen molar-refractivity contribution in [3.63, 3.8) is 0 Å². The second-order valence-corrected chi connectivity index (χ2v) is 5.32. The molecule has 4 N–H and O–H groups in total. The third-order valence-electron chi connectivity index (χ3n) is 2.69. The maximum absolute atomic E-state index is 12.1. The molecule has 0 aliphatic rings. The first-order chi connectivity index (χ1) is 9.51. The molecule has 2 rings (SSSR count). The van der Waals surface area contributed by atoms with Crippen molar-refractivity contribution in [1.29, 1.82) is 0 Å². The molecule has 6 heteroatoms. The number of nitrogens with two attached hydrogens (primary N) is 1. The maximum atomic E-state index is 12.1. The predicted molar refractivity (Wildman–Crippen MR) is 86.2 cm³/mol. The van der Waals surface area contributed by atoms with Crippen LogP contribution in [0.4, 0.5) is 11.4 Å². The van der Waals surface area contributed by atoms with Gasteiger partial charge < -0.3 is 20.9 Å². The fraction of sp³-hybridized carbons (Fsp3) is 0.0714. The van der Waals surface area contributed by atoms with Gasteiger partial charge in [-0.2, -0.15) is 0 Å². The topological polar surface area (TPSA) is 84.6 Å². The average molecular weight is 384 g/mol. The van der Waals surface area contributed by atoms with Gasteiger partial charge in [0.1, 0.15) is 11.5 Å². The summed E-state index contributed by atoms with van der Waals surface area (Å²) in [5, 5.41) is 12.4. The van der Waals surface area contributed by atoms with Crippen LogP contribution >= 0.6 is 22.6 Å². The average Bonchev–Trinajstić information content (AvgIpc) is 2.41. The van der Waals surface area contributed by atoms with Gasteiger partial charge in [0, 0.05) is 9.26 Å². The highest BCUT2D eigenvalue weighted by Crippen LogP contribution is 2.26. The Kier molecular flexibility index (Phi) is 4.33. The third kappa shape index (κ3) is 3.13. The lowest BCUT2D eigenvalue weighted by atomic mass is 10.2. The summed E-state index contributed by atoms with van der Waals surface area (Å²) in [6.07, 6.45) is 0. The number of hydrogen-bond acceptors (Lipinski definition) is 4. The highest BCUT2D eigenvalue weighted by Gasteiger charge is 2.12. The number of anilines is 2. The summed E-state index contributed by atoms with van der Waals surface area (Å²) < 4.78 is 5.91. The number of methoxy groups -OCH3 is 1. The van der Waals surface area contributed by atoms with Crippen LogP contribution in [0.1, 0.15) is 10.4 Å². The first-order valence-corrected chi connectivity index (χ1v) is 6.82. The first-order valence-electron chi connectivity index (χ1n) is 5.74. The molecule has 0 atom stereocenters. The second-order valence-electron chi connectivity index (χ2n) is 4.07. The molecule has 0 aliphatic heterocycles. The summed E-state index contributed by atoms with van der Waals surface area (Å²) >= 11 is 2.07. The van der Waals surface area contributed by atoms with Gasteiger partial charge in [-0.15, -0.1) is 0 Å². The summed E-state index contributed by atoms with van der Waals surface area (Å²) in [5.41, 5.74) is 6.95. The Bertz CT molecular complexity index is 659. The Morgan fingerprint density at radius 1 is 1.30 bits per heavy atom. The van der Waals surface area contributed by atoms with Crippen LogP contribution in [-0.2, 0) is 0 Å². The number of hydrogen-bond donors (Lipinski definition) is 3. The summed E-state index contributed by atoms with van der Waals surface area (Å²) in [4.78, 5) is 12.1. The SMILES string of the molecule is COc1ccc(NC(=O)c2cc(I)ccc2O)cc1N. The van der Waals surface area contributed by atoms with Crippen LogP contribution in [0.15, 0.2) is 36.4 Å². The summed E-state index contributed by atoms with van der Waals surface area (Å²) in [6, 6.07) is 9.76. The number of aromatic hydroxyl groups is 1. The number of halogens is 1. The molecular weight excluding hydrogens is 371 g/mol. The number of amides is 1. The van der Waals surface area contributed by atoms with Crippen molar-refractivity contribution in [2.45, 2.75) is 0 Å². The van der Waals surface area contributed by atoms with Crippen LogP contribution in [0.3, 0.4) is 0 Å². The molecule has 20 heavy (non-hydrogen) atoms. The van der Waals surface area contributed by atoms with Crippen molar-refractivity contribution in [3.05, 3.63) is 45.5 Å². The molecule has 0 radical (unpaired) electrons. The van der Waals surface area contributed by atoms with E-state index in [2.05, 4.69) is 27.9 Å². The number of phenols is 1. The molecule has 2 aromatic carbocycles. The minimum Gasteiger partial charge on any atom is -0.507 e. The lowest BCUT2D eigenvalue weighted by molar-refractivity contribution is 0.102. The number of phenolic OH excluding ortho intramolecular Hbond substituents is 1. The number of carbonyl (C=O) groups excluding carboxylic acids is 1. The van der Waals surface area contributed by atoms with Crippen LogP contribution in [0.25, 0.3) is 0 Å². The smallest absolute Gasteiger partial charge is 0.259 e. The van der Waals surface area contributed by atoms with Gasteiger partial charge >= 0.3 is 0 Å². The van der Waals surface area contributed by atoms with E-state index in [0.717, 1.165) is 3.57 Å². The van der Waals surface area contributed by atoms with Gasteiger partial charge in [-0.1, -0.05) is 0 Å². The third-order valence-corrected chi connectivity index (χ3v) is 3.36. The molecule has 0 bridgehead atoms. The molecule has 0 unspecified atom stereocenters. The van der Waals surface area contributed by atoms with Crippen LogP contribution in [0.5, 0.6) is 11.5 Å². The monoisotopic (exact) mass is 384 g/mol. The molecule has 104 valence electrons. The van der Waals surface area contributed by atoms with E-state index >= 15 is 0 Å². The molecule has 0 aliphatic carbocycles. The van der Waals surface area contributed by atoms with Crippen molar-refractivity contribution in [1.82, 2.24) is 0 Å². The Labute approximate surface area is 129 Å². The molecule has 0 saturated carbocycles. The minimum atomic E-state index is -0.398. The van der Waals surface area contributed by atoms with Gasteiger partial charge in [-0.3, -0.25) is 4.79 Å². The Balaban J connectivity index is 2.23. The Hall–Kier alpha value is -1.96. The van der Waals surface area contributed by atoms with Crippen molar-refractivity contribution in [2.24, 2.45) is 0 Å². The van der Waals surface area contributed by atoms with Crippen molar-refractivity contribution >= 4 is 39.9 Å². The number of rotatable bonds is 3. The van der Waals surface area contributed by atoms with Gasteiger partial charge in [-0.25, -0.2) is 0 Å². The molecular formula is C14H13IN2O3. The number of carbonyl (C=O) groups is 1. The molecule has 1 amide bonds. The Morgan fingerprint density at radius 3 is 2.70 bits per heavy atom. The zero-order valence-electron chi connectivity index (χ0n) is 10.7. The van der Waals surface area contributed by atoms with E-state index in [9.17, 15) is 9.90 Å². The molecule has 0 aromatic heterocycles. The van der Waals surface area contributed by atoms with E-state index in [1.165, 1.54) is 13.2 Å². The largest absolute Gasteiger partial charge is 0.507 e. The van der Waals surface area contributed by atoms with Gasteiger partial charge in [0.25, 0.3) is 5.91 Å². The highest BCUT2D eigenvalue weighted by molar-refractivity contribution is 14.1. The number of ether oxygens (including phenoxy) is 1. The van der Waals surface area contributed by atoms with Crippen LogP contribution in [0.2, 0.25) is 0 Å². The van der Waals surface area contributed by atoms with E-state index < -0.39 is 5.91 Å². The highest BCUT2D eigenvalue weighted by atomic mass is 127. The van der Waals surface area contributed by atoms with Crippen LogP contribution in [0, 0.1) is 3.57 Å². The lowest BCUT2D eigenvalue weighted by Gasteiger charge is -2.10. The van der Waals surface area contributed by atoms with Gasteiger partial charge in [0.15, 0.2) is 0 Å². The molecule has 0 saturated heterocycles. The molecule has 0 fully saturated rings. The van der Waals surface area contributed by atoms with Crippen molar-refractivity contribution in [2.75, 3.05) is 18.2 Å². The van der Waals surface area contributed by atoms with E-state index in [4.69, 9.17) is 10.5 Å². The maximum Gasteiger partial charge on any atom is 0.259 e. The van der Waals surface area contributed by atoms with E-state index in [0.29, 0.717) is 17.1 Å². The van der Waals surface area contributed by atoms with E-state index in [1.807, 2.05) is 0 Å². The van der Waals surface area contributed by atoms with Gasteiger partial charge in [0.2, 0.25) is 0 Å². The molecule has 2 aromatic rings. The predicted octanol–water partition coefficient (Wildman–Crippen LogP) is 2.84. The Morgan fingerprint density at radius 2 is 2.05 bits per heavy atom. The zero-order valence-corrected chi connectivity index (χ0v) is 12.8. The zero-order chi connectivity index (χ0) is 14.7. The quantitative estimate of drug-likeness (QED) is 0.561. The second kappa shape index (κ2) is 6.00. The fourth-order valence-corrected chi connectivity index (χ4v) is 2.19. The van der Waals surface area contributed by atoms with Crippen LogP contribution < -0.4 is 15.8 Å². The minimum absolute atomic E-state index is 0.0654. The normalized spacial score (nSPS) is 10.1. The van der Waals surface area contributed by atoms with Crippen LogP contribution in [-0.4, -0.2) is 18.1 Å². The molecule has 0 heterocycles.